The standard InChI is InChI=1S/C32H35F2N7O7/c1-18-32(16-46-17-32)47-9-8-40(18)24-10-20(19-5-7-39(14-19)31(44)45-2)13-36-29(24)48-21-11-25(30(42)43)41(15-21)26-12-23(22-4-3-6-35-22)37-28(38-26)27(33)34/h3-6,10,12-13,18,21,25,27,35H,7-9,11,14-17H2,1-2H3,(H,42,43)/t18-,21-,25-/m0/s1. The third-order valence-electron chi connectivity index (χ3n) is 9.43. The zero-order valence-corrected chi connectivity index (χ0v) is 26.3. The van der Waals surface area contributed by atoms with Crippen LogP contribution in [-0.4, -0.2) is 119 Å². The first-order valence-corrected chi connectivity index (χ1v) is 15.6. The first-order valence-electron chi connectivity index (χ1n) is 15.6. The zero-order valence-electron chi connectivity index (χ0n) is 26.3. The fourth-order valence-electron chi connectivity index (χ4n) is 6.70. The number of hydrogen-bond donors (Lipinski definition) is 2. The number of pyridine rings is 1. The van der Waals surface area contributed by atoms with Gasteiger partial charge in [-0.25, -0.2) is 33.3 Å². The number of carbonyl (C=O) groups excluding carboxylic acids is 1. The van der Waals surface area contributed by atoms with Crippen LogP contribution in [0.5, 0.6) is 5.88 Å². The lowest BCUT2D eigenvalue weighted by Crippen LogP contribution is -2.68. The molecule has 0 bridgehead atoms. The van der Waals surface area contributed by atoms with Crippen molar-refractivity contribution < 1.29 is 42.4 Å². The van der Waals surface area contributed by atoms with Gasteiger partial charge in [0.2, 0.25) is 5.88 Å². The Hall–Kier alpha value is -4.83. The number of nitrogens with zero attached hydrogens (tertiary/aromatic N) is 6. The number of H-pyrrole nitrogens is 1. The Balaban J connectivity index is 1.20. The van der Waals surface area contributed by atoms with Crippen LogP contribution >= 0.6 is 0 Å². The Kier molecular flexibility index (Phi) is 8.37. The second-order valence-corrected chi connectivity index (χ2v) is 12.2. The number of alkyl halides is 2. The molecule has 4 aliphatic heterocycles. The van der Waals surface area contributed by atoms with Gasteiger partial charge in [0, 0.05) is 44.5 Å². The number of carboxylic acid groups (broad SMARTS) is 1. The summed E-state index contributed by atoms with van der Waals surface area (Å²) in [6.07, 6.45) is 1.26. The normalized spacial score (nSPS) is 23.4. The van der Waals surface area contributed by atoms with Crippen LogP contribution in [-0.2, 0) is 19.0 Å². The number of ether oxygens (including phenoxy) is 4. The summed E-state index contributed by atoms with van der Waals surface area (Å²) in [5.41, 5.74) is 2.62. The first-order chi connectivity index (χ1) is 23.2. The highest BCUT2D eigenvalue weighted by Gasteiger charge is 2.50. The predicted molar refractivity (Wildman–Crippen MR) is 167 cm³/mol. The third kappa shape index (κ3) is 5.78. The number of aromatic nitrogens is 4. The molecule has 1 spiro atoms. The fraction of sp³-hybridized carbons (Fsp3) is 0.469. The number of aliphatic carboxylic acids is 1. The van der Waals surface area contributed by atoms with E-state index in [9.17, 15) is 23.5 Å². The molecule has 0 aliphatic carbocycles. The molecule has 0 saturated carbocycles. The highest BCUT2D eigenvalue weighted by atomic mass is 19.3. The Morgan fingerprint density at radius 1 is 1.21 bits per heavy atom. The van der Waals surface area contributed by atoms with E-state index in [1.807, 2.05) is 12.1 Å². The molecule has 7 heterocycles. The van der Waals surface area contributed by atoms with Crippen molar-refractivity contribution in [1.82, 2.24) is 24.8 Å². The number of amides is 1. The summed E-state index contributed by atoms with van der Waals surface area (Å²) in [5.74, 6) is -1.48. The molecule has 3 aromatic heterocycles. The van der Waals surface area contributed by atoms with Crippen LogP contribution in [0.1, 0.15) is 31.2 Å². The Labute approximate surface area is 274 Å². The van der Waals surface area contributed by atoms with Gasteiger partial charge in [-0.15, -0.1) is 0 Å². The molecule has 16 heteroatoms. The topological polar surface area (TPSA) is 155 Å². The predicted octanol–water partition coefficient (Wildman–Crippen LogP) is 3.37. The number of aromatic amines is 1. The van der Waals surface area contributed by atoms with Crippen LogP contribution < -0.4 is 14.5 Å². The minimum Gasteiger partial charge on any atom is -0.480 e. The van der Waals surface area contributed by atoms with Crippen molar-refractivity contribution in [3.8, 4) is 17.3 Å². The molecule has 4 aliphatic rings. The smallest absolute Gasteiger partial charge is 0.410 e. The summed E-state index contributed by atoms with van der Waals surface area (Å²) in [6.45, 7) is 4.78. The van der Waals surface area contributed by atoms with E-state index in [0.29, 0.717) is 56.7 Å². The molecule has 3 atom stereocenters. The van der Waals surface area contributed by atoms with Crippen LogP contribution in [0.25, 0.3) is 17.0 Å². The molecule has 254 valence electrons. The van der Waals surface area contributed by atoms with Gasteiger partial charge >= 0.3 is 12.1 Å². The van der Waals surface area contributed by atoms with Crippen molar-refractivity contribution in [3.63, 3.8) is 0 Å². The molecular weight excluding hydrogens is 632 g/mol. The molecule has 1 amide bonds. The van der Waals surface area contributed by atoms with Crippen LogP contribution in [0.15, 0.2) is 42.7 Å². The van der Waals surface area contributed by atoms with E-state index in [4.69, 9.17) is 23.9 Å². The summed E-state index contributed by atoms with van der Waals surface area (Å²) in [7, 11) is 1.34. The van der Waals surface area contributed by atoms with Crippen LogP contribution in [0, 0.1) is 0 Å². The van der Waals surface area contributed by atoms with Crippen molar-refractivity contribution in [1.29, 1.82) is 0 Å². The number of carboxylic acids is 1. The quantitative estimate of drug-likeness (QED) is 0.362. The summed E-state index contributed by atoms with van der Waals surface area (Å²) in [6, 6.07) is 5.66. The van der Waals surface area contributed by atoms with E-state index in [-0.39, 0.29) is 30.5 Å². The van der Waals surface area contributed by atoms with Crippen LogP contribution in [0.4, 0.5) is 25.1 Å². The van der Waals surface area contributed by atoms with E-state index >= 15 is 0 Å². The van der Waals surface area contributed by atoms with Crippen molar-refractivity contribution in [2.75, 3.05) is 62.9 Å². The van der Waals surface area contributed by atoms with Gasteiger partial charge in [-0.1, -0.05) is 6.08 Å². The molecule has 2 N–H and O–H groups in total. The molecule has 3 fully saturated rings. The maximum Gasteiger partial charge on any atom is 0.410 e. The molecule has 0 aromatic carbocycles. The molecule has 3 saturated heterocycles. The summed E-state index contributed by atoms with van der Waals surface area (Å²) < 4.78 is 50.8. The highest BCUT2D eigenvalue weighted by Crippen LogP contribution is 2.41. The fourth-order valence-corrected chi connectivity index (χ4v) is 6.70. The number of morpholine rings is 1. The van der Waals surface area contributed by atoms with Crippen molar-refractivity contribution >= 4 is 29.1 Å². The number of nitrogens with one attached hydrogen (secondary N) is 1. The average Bonchev–Trinajstić information content (AvgIpc) is 3.86. The molecule has 3 aromatic rings. The van der Waals surface area contributed by atoms with Crippen molar-refractivity contribution in [2.24, 2.45) is 0 Å². The summed E-state index contributed by atoms with van der Waals surface area (Å²) in [5, 5.41) is 10.2. The minimum absolute atomic E-state index is 0.0549. The molecule has 14 nitrogen and oxygen atoms in total. The molecular formula is C32H35F2N7O7. The van der Waals surface area contributed by atoms with Crippen molar-refractivity contribution in [2.45, 2.75) is 43.6 Å². The zero-order chi connectivity index (χ0) is 33.6. The summed E-state index contributed by atoms with van der Waals surface area (Å²) >= 11 is 0. The van der Waals surface area contributed by atoms with E-state index in [2.05, 4.69) is 26.8 Å². The van der Waals surface area contributed by atoms with E-state index in [1.54, 1.807) is 29.4 Å². The highest BCUT2D eigenvalue weighted by molar-refractivity contribution is 5.80. The largest absolute Gasteiger partial charge is 0.480 e. The van der Waals surface area contributed by atoms with E-state index in [0.717, 1.165) is 11.1 Å². The lowest BCUT2D eigenvalue weighted by atomic mass is 9.90. The van der Waals surface area contributed by atoms with Crippen LogP contribution in [0.2, 0.25) is 0 Å². The number of anilines is 2. The number of methoxy groups -OCH3 is 1. The molecule has 0 unspecified atom stereocenters. The van der Waals surface area contributed by atoms with Gasteiger partial charge < -0.3 is 43.7 Å². The van der Waals surface area contributed by atoms with Gasteiger partial charge in [-0.3, -0.25) is 0 Å². The Bertz CT molecular complexity index is 1720. The van der Waals surface area contributed by atoms with Gasteiger partial charge in [0.15, 0.2) is 5.82 Å². The van der Waals surface area contributed by atoms with Gasteiger partial charge in [0.25, 0.3) is 6.43 Å². The Morgan fingerprint density at radius 2 is 2.04 bits per heavy atom. The molecule has 0 radical (unpaired) electrons. The number of hydrogen-bond acceptors (Lipinski definition) is 11. The second-order valence-electron chi connectivity index (χ2n) is 12.2. The van der Waals surface area contributed by atoms with E-state index < -0.39 is 42.1 Å². The summed E-state index contributed by atoms with van der Waals surface area (Å²) in [4.78, 5) is 45.5. The lowest BCUT2D eigenvalue weighted by molar-refractivity contribution is -0.228. The van der Waals surface area contributed by atoms with Gasteiger partial charge in [-0.05, 0) is 36.3 Å². The second kappa shape index (κ2) is 12.6. The molecule has 7 rings (SSSR count). The number of rotatable bonds is 8. The van der Waals surface area contributed by atoms with E-state index in [1.165, 1.54) is 18.1 Å². The Morgan fingerprint density at radius 3 is 2.73 bits per heavy atom. The average molecular weight is 668 g/mol. The number of halogens is 2. The van der Waals surface area contributed by atoms with Gasteiger partial charge in [0.05, 0.1) is 50.9 Å². The SMILES string of the molecule is COC(=O)N1CC=C(c2cnc(O[C@H]3C[C@@H](C(=O)O)N(c4cc(-c5ccc[nH]5)nc(C(F)F)n4)C3)c(N3CCOC4(COC4)[C@@H]3C)c2)C1. The maximum absolute atomic E-state index is 13.9. The van der Waals surface area contributed by atoms with Crippen molar-refractivity contribution in [3.05, 3.63) is 54.1 Å². The lowest BCUT2D eigenvalue weighted by Gasteiger charge is -2.53. The maximum atomic E-state index is 13.9. The van der Waals surface area contributed by atoms with Crippen LogP contribution in [0.3, 0.4) is 0 Å². The van der Waals surface area contributed by atoms with Gasteiger partial charge in [0.1, 0.15) is 29.3 Å². The number of carbonyl (C=O) groups is 2. The first kappa shape index (κ1) is 31.8. The monoisotopic (exact) mass is 667 g/mol. The third-order valence-corrected chi connectivity index (χ3v) is 9.43. The minimum atomic E-state index is -2.96. The molecule has 48 heavy (non-hydrogen) atoms. The van der Waals surface area contributed by atoms with Gasteiger partial charge in [-0.2, -0.15) is 0 Å².